The van der Waals surface area contributed by atoms with E-state index in [1.165, 1.54) is 6.42 Å². The Morgan fingerprint density at radius 1 is 1.06 bits per heavy atom. The highest BCUT2D eigenvalue weighted by Crippen LogP contribution is 2.30. The SMILES string of the molecule is CCCCCN(C(=O)C1CCCCC1)C(C)c1nc2ccccc2c(=O)n1-c1ccccc1C. The van der Waals surface area contributed by atoms with Gasteiger partial charge in [-0.3, -0.25) is 14.2 Å². The summed E-state index contributed by atoms with van der Waals surface area (Å²) in [5.41, 5.74) is 2.43. The average Bonchev–Trinajstić information content (AvgIpc) is 2.87. The van der Waals surface area contributed by atoms with Crippen LogP contribution in [0.3, 0.4) is 0 Å². The molecule has 5 nitrogen and oxygen atoms in total. The van der Waals surface area contributed by atoms with Crippen LogP contribution in [-0.2, 0) is 4.79 Å². The molecule has 0 N–H and O–H groups in total. The summed E-state index contributed by atoms with van der Waals surface area (Å²) in [6.07, 6.45) is 8.53. The summed E-state index contributed by atoms with van der Waals surface area (Å²) in [4.78, 5) is 34.6. The predicted molar refractivity (Wildman–Crippen MR) is 138 cm³/mol. The molecule has 0 radical (unpaired) electrons. The molecule has 5 heteroatoms. The molecule has 0 aliphatic heterocycles. The summed E-state index contributed by atoms with van der Waals surface area (Å²) in [5, 5.41) is 0.595. The number of hydrogen-bond acceptors (Lipinski definition) is 3. The van der Waals surface area contributed by atoms with Crippen molar-refractivity contribution in [3.63, 3.8) is 0 Å². The van der Waals surface area contributed by atoms with Gasteiger partial charge in [0, 0.05) is 12.5 Å². The summed E-state index contributed by atoms with van der Waals surface area (Å²) in [6, 6.07) is 15.1. The fourth-order valence-corrected chi connectivity index (χ4v) is 5.23. The van der Waals surface area contributed by atoms with Gasteiger partial charge in [-0.1, -0.05) is 69.4 Å². The predicted octanol–water partition coefficient (Wildman–Crippen LogP) is 6.35. The normalized spacial score (nSPS) is 15.4. The maximum absolute atomic E-state index is 13.8. The molecular formula is C29H37N3O2. The van der Waals surface area contributed by atoms with E-state index in [1.807, 2.05) is 67.3 Å². The first-order valence-electron chi connectivity index (χ1n) is 12.9. The number of aryl methyl sites for hydroxylation is 1. The van der Waals surface area contributed by atoms with Gasteiger partial charge in [-0.2, -0.15) is 0 Å². The Labute approximate surface area is 202 Å². The lowest BCUT2D eigenvalue weighted by Crippen LogP contribution is -2.41. The van der Waals surface area contributed by atoms with Crippen molar-refractivity contribution in [2.45, 2.75) is 78.2 Å². The van der Waals surface area contributed by atoms with E-state index in [2.05, 4.69) is 6.92 Å². The Morgan fingerprint density at radius 3 is 2.50 bits per heavy atom. The van der Waals surface area contributed by atoms with Gasteiger partial charge < -0.3 is 4.90 Å². The van der Waals surface area contributed by atoms with Gasteiger partial charge in [0.05, 0.1) is 22.6 Å². The molecule has 1 fully saturated rings. The van der Waals surface area contributed by atoms with E-state index in [0.29, 0.717) is 23.3 Å². The van der Waals surface area contributed by atoms with Crippen LogP contribution in [0.5, 0.6) is 0 Å². The van der Waals surface area contributed by atoms with Crippen molar-refractivity contribution in [1.29, 1.82) is 0 Å². The first kappa shape index (κ1) is 24.2. The Balaban J connectivity index is 1.84. The highest BCUT2D eigenvalue weighted by molar-refractivity contribution is 5.80. The number of amides is 1. The van der Waals surface area contributed by atoms with Crippen molar-refractivity contribution in [2.75, 3.05) is 6.54 Å². The van der Waals surface area contributed by atoms with Gasteiger partial charge in [-0.25, -0.2) is 4.98 Å². The molecule has 34 heavy (non-hydrogen) atoms. The average molecular weight is 460 g/mol. The van der Waals surface area contributed by atoms with Gasteiger partial charge in [0.25, 0.3) is 5.56 Å². The van der Waals surface area contributed by atoms with Gasteiger partial charge >= 0.3 is 0 Å². The van der Waals surface area contributed by atoms with Gasteiger partial charge in [0.15, 0.2) is 0 Å². The van der Waals surface area contributed by atoms with Crippen molar-refractivity contribution in [1.82, 2.24) is 14.5 Å². The number of aromatic nitrogens is 2. The van der Waals surface area contributed by atoms with Crippen LogP contribution >= 0.6 is 0 Å². The summed E-state index contributed by atoms with van der Waals surface area (Å²) in [7, 11) is 0. The van der Waals surface area contributed by atoms with Crippen molar-refractivity contribution < 1.29 is 4.79 Å². The second-order valence-corrected chi connectivity index (χ2v) is 9.66. The number of rotatable bonds is 8. The van der Waals surface area contributed by atoms with Gasteiger partial charge in [0.2, 0.25) is 5.91 Å². The third-order valence-electron chi connectivity index (χ3n) is 7.24. The molecule has 1 saturated carbocycles. The molecule has 1 heterocycles. The van der Waals surface area contributed by atoms with Gasteiger partial charge in [0.1, 0.15) is 5.82 Å². The molecule has 180 valence electrons. The lowest BCUT2D eigenvalue weighted by atomic mass is 9.88. The fraction of sp³-hybridized carbons (Fsp3) is 0.483. The van der Waals surface area contributed by atoms with Gasteiger partial charge in [-0.05, 0) is 56.9 Å². The fourth-order valence-electron chi connectivity index (χ4n) is 5.23. The molecule has 3 aromatic rings. The standard InChI is InChI=1S/C29H37N3O2/c1-4-5-13-20-31(28(33)23-15-7-6-8-16-23)22(3)27-30-25-18-11-10-17-24(25)29(34)32(27)26-19-12-9-14-21(26)2/h9-12,14,17-19,22-23H,4-8,13,15-16,20H2,1-3H3. The molecule has 1 aliphatic rings. The van der Waals surface area contributed by atoms with Crippen LogP contribution in [0.1, 0.15) is 82.6 Å². The minimum absolute atomic E-state index is 0.0805. The number of fused-ring (bicyclic) bond motifs is 1. The van der Waals surface area contributed by atoms with Gasteiger partial charge in [-0.15, -0.1) is 0 Å². The number of carbonyl (C=O) groups excluding carboxylic acids is 1. The molecule has 2 aromatic carbocycles. The number of hydrogen-bond donors (Lipinski definition) is 0. The number of benzene rings is 2. The molecule has 1 unspecified atom stereocenters. The number of unbranched alkanes of at least 4 members (excludes halogenated alkanes) is 2. The van der Waals surface area contributed by atoms with Crippen molar-refractivity contribution in [3.05, 3.63) is 70.3 Å². The van der Waals surface area contributed by atoms with Crippen LogP contribution in [0.2, 0.25) is 0 Å². The maximum Gasteiger partial charge on any atom is 0.266 e. The molecule has 0 spiro atoms. The number of nitrogens with zero attached hydrogens (tertiary/aromatic N) is 3. The second-order valence-electron chi connectivity index (χ2n) is 9.66. The third kappa shape index (κ3) is 4.94. The van der Waals surface area contributed by atoms with Crippen molar-refractivity contribution in [3.8, 4) is 5.69 Å². The lowest BCUT2D eigenvalue weighted by Gasteiger charge is -2.34. The molecule has 0 saturated heterocycles. The number of carbonyl (C=O) groups is 1. The molecular weight excluding hydrogens is 422 g/mol. The lowest BCUT2D eigenvalue weighted by molar-refractivity contribution is -0.139. The Bertz CT molecular complexity index is 1190. The first-order chi connectivity index (χ1) is 16.5. The summed E-state index contributed by atoms with van der Waals surface area (Å²) >= 11 is 0. The maximum atomic E-state index is 13.8. The van der Waals surface area contributed by atoms with Crippen LogP contribution in [0.25, 0.3) is 16.6 Å². The van der Waals surface area contributed by atoms with Crippen LogP contribution in [-0.4, -0.2) is 26.9 Å². The smallest absolute Gasteiger partial charge is 0.266 e. The molecule has 1 aromatic heterocycles. The minimum atomic E-state index is -0.303. The zero-order valence-corrected chi connectivity index (χ0v) is 20.8. The first-order valence-corrected chi connectivity index (χ1v) is 12.9. The van der Waals surface area contributed by atoms with Crippen LogP contribution in [0.4, 0.5) is 0 Å². The second kappa shape index (κ2) is 11.0. The summed E-state index contributed by atoms with van der Waals surface area (Å²) < 4.78 is 1.74. The van der Waals surface area contributed by atoms with E-state index < -0.39 is 0 Å². The quantitative estimate of drug-likeness (QED) is 0.369. The molecule has 4 rings (SSSR count). The molecule has 0 bridgehead atoms. The summed E-state index contributed by atoms with van der Waals surface area (Å²) in [6.45, 7) is 6.92. The van der Waals surface area contributed by atoms with Crippen LogP contribution in [0.15, 0.2) is 53.3 Å². The molecule has 1 atom stereocenters. The van der Waals surface area contributed by atoms with E-state index in [1.54, 1.807) is 4.57 Å². The van der Waals surface area contributed by atoms with Crippen LogP contribution < -0.4 is 5.56 Å². The monoisotopic (exact) mass is 459 g/mol. The highest BCUT2D eigenvalue weighted by atomic mass is 16.2. The van der Waals surface area contributed by atoms with E-state index in [4.69, 9.17) is 4.98 Å². The van der Waals surface area contributed by atoms with E-state index >= 15 is 0 Å². The van der Waals surface area contributed by atoms with Crippen LogP contribution in [0, 0.1) is 12.8 Å². The number of para-hydroxylation sites is 2. The van der Waals surface area contributed by atoms with E-state index in [-0.39, 0.29) is 23.4 Å². The van der Waals surface area contributed by atoms with Crippen molar-refractivity contribution >= 4 is 16.8 Å². The van der Waals surface area contributed by atoms with E-state index in [9.17, 15) is 9.59 Å². The zero-order valence-electron chi connectivity index (χ0n) is 20.8. The largest absolute Gasteiger partial charge is 0.333 e. The highest BCUT2D eigenvalue weighted by Gasteiger charge is 2.31. The Hall–Kier alpha value is -2.95. The molecule has 1 amide bonds. The third-order valence-corrected chi connectivity index (χ3v) is 7.24. The van der Waals surface area contributed by atoms with Crippen molar-refractivity contribution in [2.24, 2.45) is 5.92 Å². The Kier molecular flexibility index (Phi) is 7.81. The van der Waals surface area contributed by atoms with E-state index in [0.717, 1.165) is 56.2 Å². The minimum Gasteiger partial charge on any atom is -0.333 e. The zero-order chi connectivity index (χ0) is 24.1. The molecule has 1 aliphatic carbocycles. The summed E-state index contributed by atoms with van der Waals surface area (Å²) in [5.74, 6) is 0.942. The Morgan fingerprint density at radius 2 is 1.76 bits per heavy atom. The topological polar surface area (TPSA) is 55.2 Å².